The topological polar surface area (TPSA) is 51.1 Å². The molecule has 0 amide bonds. The average molecular weight is 887 g/mol. The van der Waals surface area contributed by atoms with Gasteiger partial charge in [0.1, 0.15) is 0 Å². The van der Waals surface area contributed by atoms with Gasteiger partial charge in [0.15, 0.2) is 29.0 Å². The molecule has 9 aromatic carbocycles. The monoisotopic (exact) mass is 886 g/mol. The van der Waals surface area contributed by atoms with Gasteiger partial charge >= 0.3 is 0 Å². The molecule has 5 fully saturated rings. The van der Waals surface area contributed by atoms with Crippen LogP contribution >= 0.6 is 0 Å². The molecule has 0 saturated heterocycles. The summed E-state index contributed by atoms with van der Waals surface area (Å²) in [6, 6.07) is 75.9. The molecule has 69 heavy (non-hydrogen) atoms. The van der Waals surface area contributed by atoms with E-state index in [-0.39, 0.29) is 0 Å². The highest BCUT2D eigenvalue weighted by molar-refractivity contribution is 5.89. The maximum atomic E-state index is 6.35. The quantitative estimate of drug-likeness (QED) is 0.152. The summed E-state index contributed by atoms with van der Waals surface area (Å²) in [4.78, 5) is 18.1. The molecule has 1 aromatic heterocycles. The van der Waals surface area contributed by atoms with Crippen molar-refractivity contribution in [3.05, 3.63) is 218 Å². The van der Waals surface area contributed by atoms with E-state index in [1.807, 2.05) is 24.3 Å². The minimum absolute atomic E-state index is 0.632. The van der Waals surface area contributed by atoms with E-state index in [9.17, 15) is 0 Å². The van der Waals surface area contributed by atoms with Crippen molar-refractivity contribution in [1.29, 1.82) is 0 Å². The Balaban J connectivity index is 0.860. The van der Waals surface area contributed by atoms with Crippen molar-refractivity contribution >= 4 is 27.8 Å². The second kappa shape index (κ2) is 14.9. The van der Waals surface area contributed by atoms with E-state index < -0.39 is 0 Å². The maximum absolute atomic E-state index is 6.35. The molecule has 1 spiro atoms. The lowest BCUT2D eigenvalue weighted by molar-refractivity contribution is -0.246. The first-order valence-corrected chi connectivity index (χ1v) is 24.5. The van der Waals surface area contributed by atoms with Crippen LogP contribution in [-0.4, -0.2) is 15.0 Å². The normalized spacial score (nSPS) is 22.0. The van der Waals surface area contributed by atoms with E-state index in [1.165, 1.54) is 41.3 Å². The summed E-state index contributed by atoms with van der Waals surface area (Å²) < 4.78 is 6.35. The summed E-state index contributed by atoms with van der Waals surface area (Å²) in [6.45, 7) is 0. The van der Waals surface area contributed by atoms with E-state index in [0.717, 1.165) is 108 Å². The van der Waals surface area contributed by atoms with Gasteiger partial charge < -0.3 is 9.64 Å². The minimum atomic E-state index is 0.632. The minimum Gasteiger partial charge on any atom is -0.453 e. The van der Waals surface area contributed by atoms with E-state index in [1.54, 1.807) is 0 Å². The van der Waals surface area contributed by atoms with Crippen LogP contribution < -0.4 is 9.64 Å². The molecule has 1 aliphatic heterocycles. The number of hydrogen-bond donors (Lipinski definition) is 0. The van der Waals surface area contributed by atoms with Crippen LogP contribution in [-0.2, 0) is 0 Å². The molecular formula is C64H46N4O. The van der Waals surface area contributed by atoms with Crippen molar-refractivity contribution in [3.63, 3.8) is 0 Å². The van der Waals surface area contributed by atoms with Crippen LogP contribution in [0.3, 0.4) is 0 Å². The molecule has 10 aromatic rings. The zero-order valence-electron chi connectivity index (χ0n) is 37.9. The number of ether oxygens (including phenoxy) is 1. The van der Waals surface area contributed by atoms with E-state index in [0.29, 0.717) is 17.5 Å². The highest BCUT2D eigenvalue weighted by Gasteiger charge is 2.83. The van der Waals surface area contributed by atoms with Crippen molar-refractivity contribution in [2.75, 3.05) is 4.90 Å². The lowest BCUT2D eigenvalue weighted by atomic mass is 9.29. The molecule has 2 bridgehead atoms. The third-order valence-electron chi connectivity index (χ3n) is 16.7. The number of fused-ring (bicyclic) bond motifs is 3. The lowest BCUT2D eigenvalue weighted by Gasteiger charge is -2.75. The van der Waals surface area contributed by atoms with Crippen LogP contribution in [0.2, 0.25) is 0 Å². The Hall–Kier alpha value is -8.15. The Kier molecular flexibility index (Phi) is 8.41. The second-order valence-electron chi connectivity index (χ2n) is 20.1. The Morgan fingerprint density at radius 1 is 0.420 bits per heavy atom. The molecule has 5 aliphatic carbocycles. The fourth-order valence-corrected chi connectivity index (χ4v) is 13.6. The highest BCUT2D eigenvalue weighted by atomic mass is 16.5. The summed E-state index contributed by atoms with van der Waals surface area (Å²) in [6.07, 6.45) is 4.44. The number of benzene rings is 9. The van der Waals surface area contributed by atoms with Gasteiger partial charge in [0.25, 0.3) is 0 Å². The molecule has 5 saturated carbocycles. The van der Waals surface area contributed by atoms with Gasteiger partial charge in [0.2, 0.25) is 0 Å². The van der Waals surface area contributed by atoms with Crippen molar-refractivity contribution < 1.29 is 4.74 Å². The van der Waals surface area contributed by atoms with Crippen molar-refractivity contribution in [3.8, 4) is 79.0 Å². The first kappa shape index (κ1) is 38.9. The van der Waals surface area contributed by atoms with Gasteiger partial charge in [-0.25, -0.2) is 15.0 Å². The molecular weight excluding hydrogens is 841 g/mol. The number of rotatable bonds is 8. The third-order valence-corrected chi connectivity index (χ3v) is 16.7. The first-order chi connectivity index (χ1) is 34.1. The predicted molar refractivity (Wildman–Crippen MR) is 278 cm³/mol. The zero-order valence-corrected chi connectivity index (χ0v) is 37.9. The van der Waals surface area contributed by atoms with Crippen LogP contribution in [0.1, 0.15) is 30.7 Å². The SMILES string of the molecule is c1ccc(-c2ccc(-c3nc(-c4cc(-c5ccc(C6C7CC8CC9CC87C96)cc5)cc(-c5ccc(N6c7ccccc7Oc7ccccc76)cc5)c4)nc(-c4ccc5ccccc5c4)n3)cc2)cc1. The maximum Gasteiger partial charge on any atom is 0.164 e. The van der Waals surface area contributed by atoms with Crippen LogP contribution in [0.25, 0.3) is 78.3 Å². The van der Waals surface area contributed by atoms with Gasteiger partial charge in [-0.05, 0) is 165 Å². The Labute approximate surface area is 401 Å². The zero-order chi connectivity index (χ0) is 45.2. The summed E-state index contributed by atoms with van der Waals surface area (Å²) in [7, 11) is 0. The number of aromatic nitrogens is 3. The van der Waals surface area contributed by atoms with E-state index in [2.05, 4.69) is 193 Å². The van der Waals surface area contributed by atoms with Crippen molar-refractivity contribution in [2.45, 2.75) is 25.2 Å². The van der Waals surface area contributed by atoms with Gasteiger partial charge in [-0.15, -0.1) is 0 Å². The number of nitrogens with zero attached hydrogens (tertiary/aromatic N) is 4. The van der Waals surface area contributed by atoms with Crippen LogP contribution in [0, 0.1) is 29.1 Å². The highest BCUT2D eigenvalue weighted by Crippen LogP contribution is 2.90. The summed E-state index contributed by atoms with van der Waals surface area (Å²) >= 11 is 0. The van der Waals surface area contributed by atoms with Gasteiger partial charge in [-0.3, -0.25) is 0 Å². The van der Waals surface area contributed by atoms with Gasteiger partial charge in [0.05, 0.1) is 11.4 Å². The fourth-order valence-electron chi connectivity index (χ4n) is 13.6. The predicted octanol–water partition coefficient (Wildman–Crippen LogP) is 16.4. The molecule has 6 aliphatic rings. The summed E-state index contributed by atoms with van der Waals surface area (Å²) in [5.41, 5.74) is 15.0. The van der Waals surface area contributed by atoms with Crippen LogP contribution in [0.4, 0.5) is 17.1 Å². The largest absolute Gasteiger partial charge is 0.453 e. The Morgan fingerprint density at radius 3 is 1.64 bits per heavy atom. The van der Waals surface area contributed by atoms with E-state index >= 15 is 0 Å². The van der Waals surface area contributed by atoms with Gasteiger partial charge in [-0.2, -0.15) is 0 Å². The molecule has 16 rings (SSSR count). The van der Waals surface area contributed by atoms with Crippen molar-refractivity contribution in [1.82, 2.24) is 15.0 Å². The molecule has 5 heteroatoms. The van der Waals surface area contributed by atoms with Gasteiger partial charge in [0, 0.05) is 22.4 Å². The molecule has 0 N–H and O–H groups in total. The Bertz CT molecular complexity index is 3620. The molecule has 5 nitrogen and oxygen atoms in total. The van der Waals surface area contributed by atoms with Crippen LogP contribution in [0.15, 0.2) is 212 Å². The molecule has 6 unspecified atom stereocenters. The number of anilines is 3. The van der Waals surface area contributed by atoms with Crippen LogP contribution in [0.5, 0.6) is 11.5 Å². The van der Waals surface area contributed by atoms with Gasteiger partial charge in [-0.1, -0.05) is 152 Å². The van der Waals surface area contributed by atoms with Crippen molar-refractivity contribution in [2.24, 2.45) is 29.1 Å². The standard InChI is InChI=1S/C64H46N4O/c1-2-10-39(11-3-1)41-20-25-45(26-21-41)61-65-62(47-27-22-40-12-4-5-13-46(40)32-47)67-63(66-61)50-34-48(42-18-23-44(24-19-42)59-54-37-52-36-51-38-64(52,54)60(51)59)33-49(35-50)43-28-30-53(31-29-43)68-55-14-6-8-16-57(55)69-58-17-9-7-15-56(58)68/h1-35,51-52,54,59-60H,36-38H2. The number of hydrogen-bond acceptors (Lipinski definition) is 5. The third kappa shape index (κ3) is 5.99. The van der Waals surface area contributed by atoms with E-state index in [4.69, 9.17) is 19.7 Å². The molecule has 6 atom stereocenters. The Morgan fingerprint density at radius 2 is 0.942 bits per heavy atom. The first-order valence-electron chi connectivity index (χ1n) is 24.5. The fraction of sp³-hybridized carbons (Fsp3) is 0.141. The average Bonchev–Trinajstić information content (AvgIpc) is 3.75. The smallest absolute Gasteiger partial charge is 0.164 e. The molecule has 328 valence electrons. The molecule has 0 radical (unpaired) electrons. The second-order valence-corrected chi connectivity index (χ2v) is 20.1. The number of para-hydroxylation sites is 4. The summed E-state index contributed by atoms with van der Waals surface area (Å²) in [5.74, 6) is 8.13. The summed E-state index contributed by atoms with van der Waals surface area (Å²) in [5, 5.41) is 2.32. The lowest BCUT2D eigenvalue weighted by Crippen LogP contribution is -2.69. The molecule has 2 heterocycles.